The second kappa shape index (κ2) is 3.92. The van der Waals surface area contributed by atoms with Crippen molar-refractivity contribution in [2.24, 2.45) is 7.05 Å². The normalized spacial score (nSPS) is 10.4. The van der Waals surface area contributed by atoms with Crippen LogP contribution in [-0.2, 0) is 13.5 Å². The Morgan fingerprint density at radius 2 is 2.14 bits per heavy atom. The molecule has 0 atom stereocenters. The summed E-state index contributed by atoms with van der Waals surface area (Å²) in [6.07, 6.45) is 2.52. The lowest BCUT2D eigenvalue weighted by atomic mass is 10.1. The smallest absolute Gasteiger partial charge is 0.136 e. The van der Waals surface area contributed by atoms with E-state index in [-0.39, 0.29) is 0 Å². The number of aromatic nitrogens is 3. The predicted molar refractivity (Wildman–Crippen MR) is 58.0 cm³/mol. The molecule has 0 spiro atoms. The van der Waals surface area contributed by atoms with Gasteiger partial charge in [-0.15, -0.1) is 10.2 Å². The summed E-state index contributed by atoms with van der Waals surface area (Å²) in [6.45, 7) is 0. The predicted octanol–water partition coefficient (Wildman–Crippen LogP) is 2.17. The Morgan fingerprint density at radius 3 is 2.79 bits per heavy atom. The molecule has 0 bridgehead atoms. The van der Waals surface area contributed by atoms with Crippen LogP contribution < -0.4 is 0 Å². The third kappa shape index (κ3) is 1.85. The third-order valence-corrected chi connectivity index (χ3v) is 2.89. The van der Waals surface area contributed by atoms with Crippen molar-refractivity contribution < 1.29 is 0 Å². The molecule has 0 amide bonds. The number of hydrogen-bond acceptors (Lipinski definition) is 2. The molecule has 0 aliphatic heterocycles. The molecule has 0 radical (unpaired) electrons. The fourth-order valence-corrected chi connectivity index (χ4v) is 1.70. The van der Waals surface area contributed by atoms with Gasteiger partial charge in [-0.2, -0.15) is 0 Å². The molecule has 0 fully saturated rings. The van der Waals surface area contributed by atoms with Crippen molar-refractivity contribution in [1.82, 2.24) is 14.8 Å². The van der Waals surface area contributed by atoms with E-state index in [4.69, 9.17) is 0 Å². The monoisotopic (exact) mass is 251 g/mol. The standard InChI is InChI=1S/C10H10BrN3/c1-14-7-12-13-10(14)6-8-4-2-3-5-9(8)11/h2-5,7H,6H2,1H3. The van der Waals surface area contributed by atoms with Gasteiger partial charge in [-0.1, -0.05) is 34.1 Å². The van der Waals surface area contributed by atoms with Gasteiger partial charge < -0.3 is 4.57 Å². The zero-order valence-electron chi connectivity index (χ0n) is 7.81. The molecule has 0 unspecified atom stereocenters. The van der Waals surface area contributed by atoms with Gasteiger partial charge in [-0.05, 0) is 11.6 Å². The first-order valence-electron chi connectivity index (χ1n) is 4.33. The Labute approximate surface area is 90.9 Å². The van der Waals surface area contributed by atoms with Crippen molar-refractivity contribution in [2.75, 3.05) is 0 Å². The molecule has 2 aromatic rings. The number of benzene rings is 1. The maximum atomic E-state index is 4.04. The van der Waals surface area contributed by atoms with E-state index in [0.717, 1.165) is 16.7 Å². The Morgan fingerprint density at radius 1 is 1.36 bits per heavy atom. The van der Waals surface area contributed by atoms with E-state index in [0.29, 0.717) is 0 Å². The van der Waals surface area contributed by atoms with Gasteiger partial charge in [0.15, 0.2) is 0 Å². The number of rotatable bonds is 2. The molecule has 2 rings (SSSR count). The number of aryl methyl sites for hydroxylation is 1. The molecule has 1 heterocycles. The lowest BCUT2D eigenvalue weighted by molar-refractivity contribution is 0.820. The first-order valence-corrected chi connectivity index (χ1v) is 5.13. The number of hydrogen-bond donors (Lipinski definition) is 0. The summed E-state index contributed by atoms with van der Waals surface area (Å²) in [5.41, 5.74) is 1.23. The number of halogens is 1. The first kappa shape index (κ1) is 9.40. The average Bonchev–Trinajstić information content (AvgIpc) is 2.56. The van der Waals surface area contributed by atoms with Crippen LogP contribution in [0, 0.1) is 0 Å². The molecule has 4 heteroatoms. The number of nitrogens with zero attached hydrogens (tertiary/aromatic N) is 3. The Kier molecular flexibility index (Phi) is 2.63. The molecule has 0 aliphatic carbocycles. The summed E-state index contributed by atoms with van der Waals surface area (Å²) in [5.74, 6) is 0.969. The molecular formula is C10H10BrN3. The van der Waals surface area contributed by atoms with Crippen molar-refractivity contribution in [2.45, 2.75) is 6.42 Å². The van der Waals surface area contributed by atoms with Crippen molar-refractivity contribution >= 4 is 15.9 Å². The van der Waals surface area contributed by atoms with Gasteiger partial charge in [-0.25, -0.2) is 0 Å². The molecular weight excluding hydrogens is 242 g/mol. The van der Waals surface area contributed by atoms with Crippen LogP contribution in [0.4, 0.5) is 0 Å². The fourth-order valence-electron chi connectivity index (χ4n) is 1.28. The summed E-state index contributed by atoms with van der Waals surface area (Å²) in [5, 5.41) is 7.89. The zero-order valence-corrected chi connectivity index (χ0v) is 9.40. The molecule has 0 N–H and O–H groups in total. The second-order valence-electron chi connectivity index (χ2n) is 3.13. The minimum absolute atomic E-state index is 0.803. The summed E-state index contributed by atoms with van der Waals surface area (Å²) < 4.78 is 3.04. The van der Waals surface area contributed by atoms with E-state index in [9.17, 15) is 0 Å². The van der Waals surface area contributed by atoms with Crippen LogP contribution in [0.5, 0.6) is 0 Å². The van der Waals surface area contributed by atoms with Crippen LogP contribution in [0.25, 0.3) is 0 Å². The maximum absolute atomic E-state index is 4.04. The Bertz CT molecular complexity index is 436. The minimum atomic E-state index is 0.803. The van der Waals surface area contributed by atoms with Gasteiger partial charge >= 0.3 is 0 Å². The van der Waals surface area contributed by atoms with Crippen LogP contribution in [0.3, 0.4) is 0 Å². The third-order valence-electron chi connectivity index (χ3n) is 2.11. The van der Waals surface area contributed by atoms with Crippen molar-refractivity contribution in [3.8, 4) is 0 Å². The average molecular weight is 252 g/mol. The summed E-state index contributed by atoms with van der Waals surface area (Å²) in [7, 11) is 1.95. The van der Waals surface area contributed by atoms with Crippen LogP contribution in [0.1, 0.15) is 11.4 Å². The molecule has 1 aromatic heterocycles. The largest absolute Gasteiger partial charge is 0.320 e. The van der Waals surface area contributed by atoms with Gasteiger partial charge in [0.05, 0.1) is 0 Å². The van der Waals surface area contributed by atoms with E-state index < -0.39 is 0 Å². The van der Waals surface area contributed by atoms with E-state index in [1.165, 1.54) is 5.56 Å². The van der Waals surface area contributed by atoms with Crippen LogP contribution in [-0.4, -0.2) is 14.8 Å². The van der Waals surface area contributed by atoms with E-state index >= 15 is 0 Å². The fraction of sp³-hybridized carbons (Fsp3) is 0.200. The quantitative estimate of drug-likeness (QED) is 0.820. The highest BCUT2D eigenvalue weighted by Gasteiger charge is 2.04. The lowest BCUT2D eigenvalue weighted by Crippen LogP contribution is -1.98. The van der Waals surface area contributed by atoms with Crippen molar-refractivity contribution in [1.29, 1.82) is 0 Å². The lowest BCUT2D eigenvalue weighted by Gasteiger charge is -2.02. The summed E-state index contributed by atoms with van der Waals surface area (Å²) in [4.78, 5) is 0. The van der Waals surface area contributed by atoms with Crippen molar-refractivity contribution in [3.05, 3.63) is 46.5 Å². The maximum Gasteiger partial charge on any atom is 0.136 e. The Hall–Kier alpha value is -1.16. The molecule has 1 aromatic carbocycles. The summed E-state index contributed by atoms with van der Waals surface area (Å²) in [6, 6.07) is 8.14. The van der Waals surface area contributed by atoms with Crippen LogP contribution in [0.2, 0.25) is 0 Å². The highest BCUT2D eigenvalue weighted by Crippen LogP contribution is 2.18. The SMILES string of the molecule is Cn1cnnc1Cc1ccccc1Br. The second-order valence-corrected chi connectivity index (χ2v) is 3.98. The Balaban J connectivity index is 2.28. The van der Waals surface area contributed by atoms with Gasteiger partial charge in [0, 0.05) is 17.9 Å². The minimum Gasteiger partial charge on any atom is -0.320 e. The van der Waals surface area contributed by atoms with Gasteiger partial charge in [0.25, 0.3) is 0 Å². The molecule has 3 nitrogen and oxygen atoms in total. The molecule has 0 saturated heterocycles. The van der Waals surface area contributed by atoms with Gasteiger partial charge in [0.2, 0.25) is 0 Å². The van der Waals surface area contributed by atoms with E-state index in [1.54, 1.807) is 6.33 Å². The molecule has 0 aliphatic rings. The van der Waals surface area contributed by atoms with Crippen LogP contribution >= 0.6 is 15.9 Å². The van der Waals surface area contributed by atoms with Gasteiger partial charge in [0.1, 0.15) is 12.2 Å². The van der Waals surface area contributed by atoms with E-state index in [2.05, 4.69) is 32.2 Å². The first-order chi connectivity index (χ1) is 6.77. The molecule has 0 saturated carbocycles. The summed E-state index contributed by atoms with van der Waals surface area (Å²) >= 11 is 3.51. The zero-order chi connectivity index (χ0) is 9.97. The molecule has 14 heavy (non-hydrogen) atoms. The van der Waals surface area contributed by atoms with Crippen LogP contribution in [0.15, 0.2) is 35.1 Å². The topological polar surface area (TPSA) is 30.7 Å². The van der Waals surface area contributed by atoms with Gasteiger partial charge in [-0.3, -0.25) is 0 Å². The molecule has 72 valence electrons. The van der Waals surface area contributed by atoms with Crippen molar-refractivity contribution in [3.63, 3.8) is 0 Å². The highest BCUT2D eigenvalue weighted by molar-refractivity contribution is 9.10. The highest BCUT2D eigenvalue weighted by atomic mass is 79.9. The van der Waals surface area contributed by atoms with E-state index in [1.807, 2.05) is 29.8 Å².